The molecule has 0 aromatic heterocycles. The van der Waals surface area contributed by atoms with Gasteiger partial charge < -0.3 is 15.8 Å². The SMILES string of the molecule is Cc1ccc(C(C)(C)C)c(OCC(=O)NCCN)c1. The van der Waals surface area contributed by atoms with Crippen molar-refractivity contribution in [1.82, 2.24) is 5.32 Å². The molecule has 0 aliphatic carbocycles. The average Bonchev–Trinajstić information content (AvgIpc) is 2.32. The summed E-state index contributed by atoms with van der Waals surface area (Å²) in [6, 6.07) is 6.08. The first-order valence-electron chi connectivity index (χ1n) is 6.55. The van der Waals surface area contributed by atoms with Crippen LogP contribution in [0.3, 0.4) is 0 Å². The van der Waals surface area contributed by atoms with Gasteiger partial charge in [0.25, 0.3) is 5.91 Å². The Morgan fingerprint density at radius 1 is 1.37 bits per heavy atom. The molecule has 1 rings (SSSR count). The molecule has 0 radical (unpaired) electrons. The molecule has 0 unspecified atom stereocenters. The predicted octanol–water partition coefficient (Wildman–Crippen LogP) is 1.75. The van der Waals surface area contributed by atoms with Crippen molar-refractivity contribution in [2.75, 3.05) is 19.7 Å². The van der Waals surface area contributed by atoms with Crippen LogP contribution in [0.2, 0.25) is 0 Å². The smallest absolute Gasteiger partial charge is 0.257 e. The quantitative estimate of drug-likeness (QED) is 0.851. The number of rotatable bonds is 5. The number of aryl methyl sites for hydroxylation is 1. The Labute approximate surface area is 115 Å². The lowest BCUT2D eigenvalue weighted by Gasteiger charge is -2.23. The van der Waals surface area contributed by atoms with E-state index in [2.05, 4.69) is 38.2 Å². The number of hydrogen-bond acceptors (Lipinski definition) is 3. The first kappa shape index (κ1) is 15.5. The van der Waals surface area contributed by atoms with Crippen molar-refractivity contribution in [2.24, 2.45) is 5.73 Å². The van der Waals surface area contributed by atoms with Gasteiger partial charge in [-0.2, -0.15) is 0 Å². The van der Waals surface area contributed by atoms with E-state index < -0.39 is 0 Å². The number of amides is 1. The van der Waals surface area contributed by atoms with Crippen molar-refractivity contribution in [1.29, 1.82) is 0 Å². The summed E-state index contributed by atoms with van der Waals surface area (Å²) >= 11 is 0. The third kappa shape index (κ3) is 4.91. The fraction of sp³-hybridized carbons (Fsp3) is 0.533. The van der Waals surface area contributed by atoms with Gasteiger partial charge in [-0.15, -0.1) is 0 Å². The van der Waals surface area contributed by atoms with Gasteiger partial charge in [0.05, 0.1) is 0 Å². The Bertz CT molecular complexity index is 436. The Morgan fingerprint density at radius 2 is 2.05 bits per heavy atom. The first-order valence-corrected chi connectivity index (χ1v) is 6.55. The van der Waals surface area contributed by atoms with E-state index in [1.165, 1.54) is 0 Å². The fourth-order valence-corrected chi connectivity index (χ4v) is 1.77. The second-order valence-corrected chi connectivity index (χ2v) is 5.68. The Hall–Kier alpha value is -1.55. The molecule has 4 heteroatoms. The van der Waals surface area contributed by atoms with Gasteiger partial charge in [-0.25, -0.2) is 0 Å². The van der Waals surface area contributed by atoms with E-state index in [0.29, 0.717) is 13.1 Å². The van der Waals surface area contributed by atoms with E-state index in [9.17, 15) is 4.79 Å². The summed E-state index contributed by atoms with van der Waals surface area (Å²) in [5.41, 5.74) is 7.53. The highest BCUT2D eigenvalue weighted by atomic mass is 16.5. The number of benzene rings is 1. The third-order valence-electron chi connectivity index (χ3n) is 2.77. The molecule has 0 saturated carbocycles. The molecule has 4 nitrogen and oxygen atoms in total. The Balaban J connectivity index is 2.77. The third-order valence-corrected chi connectivity index (χ3v) is 2.77. The lowest BCUT2D eigenvalue weighted by Crippen LogP contribution is -2.33. The van der Waals surface area contributed by atoms with Crippen LogP contribution in [-0.4, -0.2) is 25.6 Å². The minimum absolute atomic E-state index is 0.0171. The summed E-state index contributed by atoms with van der Waals surface area (Å²) in [6.07, 6.45) is 0. The topological polar surface area (TPSA) is 64.3 Å². The van der Waals surface area contributed by atoms with Crippen LogP contribution in [0.5, 0.6) is 5.75 Å². The summed E-state index contributed by atoms with van der Waals surface area (Å²) in [4.78, 5) is 11.5. The van der Waals surface area contributed by atoms with Crippen LogP contribution in [0.25, 0.3) is 0 Å². The summed E-state index contributed by atoms with van der Waals surface area (Å²) in [6.45, 7) is 9.31. The van der Waals surface area contributed by atoms with Crippen LogP contribution in [0.4, 0.5) is 0 Å². The molecule has 106 valence electrons. The van der Waals surface area contributed by atoms with Gasteiger partial charge in [0.1, 0.15) is 5.75 Å². The van der Waals surface area contributed by atoms with Crippen molar-refractivity contribution < 1.29 is 9.53 Å². The molecule has 1 amide bonds. The molecule has 0 saturated heterocycles. The summed E-state index contributed by atoms with van der Waals surface area (Å²) in [7, 11) is 0. The summed E-state index contributed by atoms with van der Waals surface area (Å²) < 4.78 is 5.65. The van der Waals surface area contributed by atoms with E-state index in [1.807, 2.05) is 13.0 Å². The molecular formula is C15H24N2O2. The largest absolute Gasteiger partial charge is 0.483 e. The molecule has 0 aliphatic rings. The summed E-state index contributed by atoms with van der Waals surface area (Å²) in [5, 5.41) is 2.69. The molecule has 3 N–H and O–H groups in total. The number of hydrogen-bond donors (Lipinski definition) is 2. The standard InChI is InChI=1S/C15H24N2O2/c1-11-5-6-12(15(2,3)4)13(9-11)19-10-14(18)17-8-7-16/h5-6,9H,7-8,10,16H2,1-4H3,(H,17,18). The van der Waals surface area contributed by atoms with Crippen LogP contribution in [0.15, 0.2) is 18.2 Å². The molecular weight excluding hydrogens is 240 g/mol. The van der Waals surface area contributed by atoms with Crippen molar-refractivity contribution >= 4 is 5.91 Å². The zero-order valence-corrected chi connectivity index (χ0v) is 12.2. The molecule has 0 bridgehead atoms. The molecule has 0 heterocycles. The number of carbonyl (C=O) groups is 1. The molecule has 1 aromatic carbocycles. The van der Waals surface area contributed by atoms with Crippen LogP contribution in [-0.2, 0) is 10.2 Å². The lowest BCUT2D eigenvalue weighted by molar-refractivity contribution is -0.123. The normalized spacial score (nSPS) is 11.2. The minimum atomic E-state index is -0.146. The molecule has 0 fully saturated rings. The maximum absolute atomic E-state index is 11.5. The highest BCUT2D eigenvalue weighted by Crippen LogP contribution is 2.31. The predicted molar refractivity (Wildman–Crippen MR) is 77.4 cm³/mol. The highest BCUT2D eigenvalue weighted by Gasteiger charge is 2.19. The van der Waals surface area contributed by atoms with E-state index >= 15 is 0 Å². The maximum atomic E-state index is 11.5. The zero-order chi connectivity index (χ0) is 14.5. The molecule has 0 aliphatic heterocycles. The zero-order valence-electron chi connectivity index (χ0n) is 12.2. The van der Waals surface area contributed by atoms with Gasteiger partial charge in [0, 0.05) is 13.1 Å². The molecule has 19 heavy (non-hydrogen) atoms. The second kappa shape index (κ2) is 6.57. The van der Waals surface area contributed by atoms with Gasteiger partial charge in [-0.05, 0) is 29.5 Å². The van der Waals surface area contributed by atoms with Crippen molar-refractivity contribution in [3.63, 3.8) is 0 Å². The maximum Gasteiger partial charge on any atom is 0.257 e. The van der Waals surface area contributed by atoms with E-state index in [1.54, 1.807) is 0 Å². The van der Waals surface area contributed by atoms with Crippen LogP contribution in [0.1, 0.15) is 31.9 Å². The molecule has 0 spiro atoms. The van der Waals surface area contributed by atoms with Gasteiger partial charge in [-0.3, -0.25) is 4.79 Å². The lowest BCUT2D eigenvalue weighted by atomic mass is 9.86. The van der Waals surface area contributed by atoms with Crippen LogP contribution < -0.4 is 15.8 Å². The van der Waals surface area contributed by atoms with Gasteiger partial charge in [0.2, 0.25) is 0 Å². The fourth-order valence-electron chi connectivity index (χ4n) is 1.77. The molecule has 0 atom stereocenters. The monoisotopic (exact) mass is 264 g/mol. The van der Waals surface area contributed by atoms with E-state index in [-0.39, 0.29) is 17.9 Å². The van der Waals surface area contributed by atoms with Crippen molar-refractivity contribution in [2.45, 2.75) is 33.1 Å². The Morgan fingerprint density at radius 3 is 2.63 bits per heavy atom. The van der Waals surface area contributed by atoms with Crippen molar-refractivity contribution in [3.05, 3.63) is 29.3 Å². The number of ether oxygens (including phenoxy) is 1. The number of nitrogens with two attached hydrogens (primary N) is 1. The number of nitrogens with one attached hydrogen (secondary N) is 1. The minimum Gasteiger partial charge on any atom is -0.483 e. The van der Waals surface area contributed by atoms with Crippen LogP contribution in [0, 0.1) is 6.92 Å². The van der Waals surface area contributed by atoms with Gasteiger partial charge >= 0.3 is 0 Å². The van der Waals surface area contributed by atoms with Gasteiger partial charge in [0.15, 0.2) is 6.61 Å². The highest BCUT2D eigenvalue weighted by molar-refractivity contribution is 5.77. The van der Waals surface area contributed by atoms with Gasteiger partial charge in [-0.1, -0.05) is 32.9 Å². The average molecular weight is 264 g/mol. The first-order chi connectivity index (χ1) is 8.84. The second-order valence-electron chi connectivity index (χ2n) is 5.68. The molecule has 1 aromatic rings. The van der Waals surface area contributed by atoms with Crippen molar-refractivity contribution in [3.8, 4) is 5.75 Å². The summed E-state index contributed by atoms with van der Waals surface area (Å²) in [5.74, 6) is 0.627. The van der Waals surface area contributed by atoms with Crippen LogP contribution >= 0.6 is 0 Å². The Kier molecular flexibility index (Phi) is 5.36. The van der Waals surface area contributed by atoms with E-state index in [4.69, 9.17) is 10.5 Å². The van der Waals surface area contributed by atoms with E-state index in [0.717, 1.165) is 16.9 Å². The number of carbonyl (C=O) groups excluding carboxylic acids is 1.